The predicted octanol–water partition coefficient (Wildman–Crippen LogP) is 2.54. The average molecular weight is 293 g/mol. The van der Waals surface area contributed by atoms with Crippen molar-refractivity contribution in [3.63, 3.8) is 0 Å². The van der Waals surface area contributed by atoms with Gasteiger partial charge in [-0.05, 0) is 24.3 Å². The lowest BCUT2D eigenvalue weighted by Gasteiger charge is -2.22. The van der Waals surface area contributed by atoms with Gasteiger partial charge in [0, 0.05) is 35.5 Å². The monoisotopic (exact) mass is 293 g/mol. The van der Waals surface area contributed by atoms with E-state index in [-0.39, 0.29) is 11.3 Å². The molecule has 2 rings (SSSR count). The minimum absolute atomic E-state index is 0.0760. The largest absolute Gasteiger partial charge is 0.384 e. The van der Waals surface area contributed by atoms with E-state index in [2.05, 4.69) is 25.8 Å². The zero-order chi connectivity index (χ0) is 14.8. The van der Waals surface area contributed by atoms with Gasteiger partial charge in [-0.15, -0.1) is 0 Å². The van der Waals surface area contributed by atoms with Crippen LogP contribution in [0.4, 0.5) is 5.82 Å². The maximum atomic E-state index is 12.6. The maximum absolute atomic E-state index is 12.6. The number of thioether (sulfide) groups is 1. The van der Waals surface area contributed by atoms with Crippen LogP contribution in [0.3, 0.4) is 0 Å². The molecule has 0 aliphatic carbocycles. The van der Waals surface area contributed by atoms with Crippen molar-refractivity contribution in [2.45, 2.75) is 32.6 Å². The molecule has 0 atom stereocenters. The summed E-state index contributed by atoms with van der Waals surface area (Å²) in [6, 6.07) is 3.58. The molecule has 0 spiro atoms. The van der Waals surface area contributed by atoms with Crippen LogP contribution in [0, 0.1) is 0 Å². The number of carbonyl (C=O) groups is 1. The molecule has 1 aromatic rings. The summed E-state index contributed by atoms with van der Waals surface area (Å²) >= 11 is 1.91. The third-order valence-corrected chi connectivity index (χ3v) is 4.42. The number of nitrogens with zero attached hydrogens (tertiary/aromatic N) is 2. The van der Waals surface area contributed by atoms with Crippen molar-refractivity contribution < 1.29 is 4.79 Å². The van der Waals surface area contributed by atoms with E-state index in [4.69, 9.17) is 5.73 Å². The Balaban J connectivity index is 2.27. The van der Waals surface area contributed by atoms with Gasteiger partial charge in [0.1, 0.15) is 5.82 Å². The molecule has 5 heteroatoms. The highest BCUT2D eigenvalue weighted by atomic mass is 32.2. The molecule has 4 nitrogen and oxygen atoms in total. The van der Waals surface area contributed by atoms with Gasteiger partial charge >= 0.3 is 0 Å². The van der Waals surface area contributed by atoms with Gasteiger partial charge in [-0.3, -0.25) is 4.79 Å². The summed E-state index contributed by atoms with van der Waals surface area (Å²) in [4.78, 5) is 18.9. The van der Waals surface area contributed by atoms with Crippen molar-refractivity contribution in [1.29, 1.82) is 0 Å². The lowest BCUT2D eigenvalue weighted by Crippen LogP contribution is -2.33. The smallest absolute Gasteiger partial charge is 0.254 e. The lowest BCUT2D eigenvalue weighted by molar-refractivity contribution is 0.0768. The Kier molecular flexibility index (Phi) is 4.58. The Hall–Kier alpha value is -1.23. The van der Waals surface area contributed by atoms with E-state index in [1.807, 2.05) is 22.7 Å². The highest BCUT2D eigenvalue weighted by Gasteiger charge is 2.22. The number of nitrogens with two attached hydrogens (primary N) is 1. The molecule has 1 aromatic heterocycles. The lowest BCUT2D eigenvalue weighted by atomic mass is 9.90. The molecular formula is C15H23N3OS. The normalized spacial score (nSPS) is 16.9. The number of carbonyl (C=O) groups excluding carboxylic acids is 1. The first-order chi connectivity index (χ1) is 9.38. The summed E-state index contributed by atoms with van der Waals surface area (Å²) in [6.07, 6.45) is 1.06. The molecule has 0 bridgehead atoms. The van der Waals surface area contributed by atoms with E-state index in [1.165, 1.54) is 0 Å². The van der Waals surface area contributed by atoms with Gasteiger partial charge in [0.05, 0.1) is 0 Å². The van der Waals surface area contributed by atoms with Crippen LogP contribution < -0.4 is 5.73 Å². The highest BCUT2D eigenvalue weighted by molar-refractivity contribution is 7.99. The Bertz CT molecular complexity index is 488. The maximum Gasteiger partial charge on any atom is 0.254 e. The van der Waals surface area contributed by atoms with Crippen LogP contribution in [0.5, 0.6) is 0 Å². The number of amides is 1. The van der Waals surface area contributed by atoms with Gasteiger partial charge < -0.3 is 10.6 Å². The van der Waals surface area contributed by atoms with E-state index >= 15 is 0 Å². The average Bonchev–Trinajstić information content (AvgIpc) is 2.65. The van der Waals surface area contributed by atoms with E-state index in [1.54, 1.807) is 6.07 Å². The first kappa shape index (κ1) is 15.2. The van der Waals surface area contributed by atoms with Gasteiger partial charge in [-0.25, -0.2) is 4.98 Å². The van der Waals surface area contributed by atoms with Crippen LogP contribution in [0.15, 0.2) is 12.1 Å². The fourth-order valence-electron chi connectivity index (χ4n) is 2.19. The standard InChI is InChI=1S/C15H23N3OS/c1-15(2,3)12-9-11(10-13(16)17-12)14(19)18-5-4-7-20-8-6-18/h9-10H,4-8H2,1-3H3,(H2,16,17). The molecule has 1 aliphatic rings. The first-order valence-electron chi connectivity index (χ1n) is 7.03. The molecule has 0 aromatic carbocycles. The van der Waals surface area contributed by atoms with E-state index < -0.39 is 0 Å². The van der Waals surface area contributed by atoms with Crippen LogP contribution in [-0.2, 0) is 5.41 Å². The van der Waals surface area contributed by atoms with E-state index in [0.29, 0.717) is 11.4 Å². The van der Waals surface area contributed by atoms with E-state index in [0.717, 1.165) is 36.7 Å². The van der Waals surface area contributed by atoms with Gasteiger partial charge in [-0.2, -0.15) is 11.8 Å². The minimum Gasteiger partial charge on any atom is -0.384 e. The second-order valence-corrected chi connectivity index (χ2v) is 7.40. The van der Waals surface area contributed by atoms with Crippen molar-refractivity contribution in [3.05, 3.63) is 23.4 Å². The summed E-state index contributed by atoms with van der Waals surface area (Å²) in [6.45, 7) is 7.87. The Morgan fingerprint density at radius 1 is 1.30 bits per heavy atom. The first-order valence-corrected chi connectivity index (χ1v) is 8.18. The topological polar surface area (TPSA) is 59.2 Å². The third kappa shape index (κ3) is 3.66. The SMILES string of the molecule is CC(C)(C)c1cc(C(=O)N2CCCSCC2)cc(N)n1. The van der Waals surface area contributed by atoms with Crippen LogP contribution >= 0.6 is 11.8 Å². The Morgan fingerprint density at radius 3 is 2.75 bits per heavy atom. The summed E-state index contributed by atoms with van der Waals surface area (Å²) in [5.74, 6) is 2.64. The summed E-state index contributed by atoms with van der Waals surface area (Å²) in [7, 11) is 0. The number of anilines is 1. The predicted molar refractivity (Wildman–Crippen MR) is 85.2 cm³/mol. The molecule has 1 amide bonds. The van der Waals surface area contributed by atoms with E-state index in [9.17, 15) is 4.79 Å². The summed E-state index contributed by atoms with van der Waals surface area (Å²) in [5, 5.41) is 0. The van der Waals surface area contributed by atoms with Crippen LogP contribution in [0.1, 0.15) is 43.2 Å². The summed E-state index contributed by atoms with van der Waals surface area (Å²) < 4.78 is 0. The van der Waals surface area contributed by atoms with Gasteiger partial charge in [-0.1, -0.05) is 20.8 Å². The zero-order valence-electron chi connectivity index (χ0n) is 12.5. The quantitative estimate of drug-likeness (QED) is 0.864. The highest BCUT2D eigenvalue weighted by Crippen LogP contribution is 2.23. The van der Waals surface area contributed by atoms with Crippen LogP contribution in [0.25, 0.3) is 0 Å². The third-order valence-electron chi connectivity index (χ3n) is 3.37. The second kappa shape index (κ2) is 6.04. The fraction of sp³-hybridized carbons (Fsp3) is 0.600. The number of nitrogen functional groups attached to an aromatic ring is 1. The molecule has 20 heavy (non-hydrogen) atoms. The number of rotatable bonds is 1. The molecule has 0 unspecified atom stereocenters. The molecule has 110 valence electrons. The van der Waals surface area contributed by atoms with Crippen molar-refractivity contribution in [2.75, 3.05) is 30.3 Å². The zero-order valence-corrected chi connectivity index (χ0v) is 13.3. The molecule has 0 radical (unpaired) electrons. The molecule has 0 saturated carbocycles. The number of hydrogen-bond acceptors (Lipinski definition) is 4. The summed E-state index contributed by atoms with van der Waals surface area (Å²) in [5.41, 5.74) is 7.28. The number of aromatic nitrogens is 1. The van der Waals surface area contributed by atoms with Crippen molar-refractivity contribution in [3.8, 4) is 0 Å². The van der Waals surface area contributed by atoms with Gasteiger partial charge in [0.15, 0.2) is 0 Å². The Labute approximate surface area is 125 Å². The Morgan fingerprint density at radius 2 is 2.05 bits per heavy atom. The van der Waals surface area contributed by atoms with Crippen molar-refractivity contribution in [2.24, 2.45) is 0 Å². The van der Waals surface area contributed by atoms with Crippen LogP contribution in [-0.4, -0.2) is 40.4 Å². The number of pyridine rings is 1. The molecule has 2 heterocycles. The molecule has 2 N–H and O–H groups in total. The number of hydrogen-bond donors (Lipinski definition) is 1. The van der Waals surface area contributed by atoms with Gasteiger partial charge in [0.2, 0.25) is 0 Å². The molecule has 1 aliphatic heterocycles. The second-order valence-electron chi connectivity index (χ2n) is 6.17. The fourth-order valence-corrected chi connectivity index (χ4v) is 3.08. The molecule has 1 saturated heterocycles. The van der Waals surface area contributed by atoms with Crippen molar-refractivity contribution in [1.82, 2.24) is 9.88 Å². The molecular weight excluding hydrogens is 270 g/mol. The minimum atomic E-state index is -0.112. The van der Waals surface area contributed by atoms with Crippen molar-refractivity contribution >= 4 is 23.5 Å². The van der Waals surface area contributed by atoms with Gasteiger partial charge in [0.25, 0.3) is 5.91 Å². The molecule has 1 fully saturated rings. The van der Waals surface area contributed by atoms with Crippen LogP contribution in [0.2, 0.25) is 0 Å².